The summed E-state index contributed by atoms with van der Waals surface area (Å²) in [5.41, 5.74) is -0.234. The van der Waals surface area contributed by atoms with Gasteiger partial charge in [-0.25, -0.2) is 14.2 Å². The number of nitrogens with one attached hydrogen (secondary N) is 1. The SMILES string of the molecule is Cc1nc2ncc(Br)n2c(=O)[nH]1. The van der Waals surface area contributed by atoms with Gasteiger partial charge in [0.1, 0.15) is 10.4 Å². The second kappa shape index (κ2) is 2.41. The number of hydrogen-bond acceptors (Lipinski definition) is 3. The molecule has 2 heterocycles. The van der Waals surface area contributed by atoms with Gasteiger partial charge >= 0.3 is 5.69 Å². The molecule has 2 rings (SSSR count). The molecule has 0 spiro atoms. The quantitative estimate of drug-likeness (QED) is 0.714. The first-order chi connectivity index (χ1) is 5.68. The zero-order valence-corrected chi connectivity index (χ0v) is 7.79. The Morgan fingerprint density at radius 2 is 2.42 bits per heavy atom. The van der Waals surface area contributed by atoms with Crippen LogP contribution < -0.4 is 5.69 Å². The van der Waals surface area contributed by atoms with Crippen molar-refractivity contribution < 1.29 is 0 Å². The number of aryl methyl sites for hydroxylation is 1. The van der Waals surface area contributed by atoms with E-state index in [1.807, 2.05) is 0 Å². The Bertz CT molecular complexity index is 486. The molecular weight excluding hydrogens is 224 g/mol. The van der Waals surface area contributed by atoms with E-state index in [9.17, 15) is 4.79 Å². The van der Waals surface area contributed by atoms with E-state index >= 15 is 0 Å². The highest BCUT2D eigenvalue weighted by Crippen LogP contribution is 2.07. The standard InChI is InChI=1S/C6H5BrN4O/c1-3-9-5-8-2-4(7)11(5)6(12)10-3/h2H,1H3,(H,8,9,10,12). The Morgan fingerprint density at radius 1 is 1.67 bits per heavy atom. The molecule has 0 unspecified atom stereocenters. The fourth-order valence-electron chi connectivity index (χ4n) is 0.977. The Labute approximate surface area is 75.6 Å². The molecule has 0 aliphatic heterocycles. The lowest BCUT2D eigenvalue weighted by Gasteiger charge is -1.93. The van der Waals surface area contributed by atoms with Crippen LogP contribution in [0.5, 0.6) is 0 Å². The van der Waals surface area contributed by atoms with E-state index in [1.165, 1.54) is 10.6 Å². The number of hydrogen-bond donors (Lipinski definition) is 1. The summed E-state index contributed by atoms with van der Waals surface area (Å²) in [5, 5.41) is 0. The van der Waals surface area contributed by atoms with Crippen LogP contribution in [0.4, 0.5) is 0 Å². The van der Waals surface area contributed by atoms with Crippen LogP contribution in [0.2, 0.25) is 0 Å². The molecule has 0 bridgehead atoms. The van der Waals surface area contributed by atoms with E-state index in [2.05, 4.69) is 30.9 Å². The Morgan fingerprint density at radius 3 is 3.17 bits per heavy atom. The molecule has 0 aliphatic rings. The maximum atomic E-state index is 11.3. The van der Waals surface area contributed by atoms with Gasteiger partial charge in [-0.15, -0.1) is 0 Å². The molecule has 0 aliphatic carbocycles. The molecule has 0 saturated heterocycles. The third-order valence-corrected chi connectivity index (χ3v) is 2.02. The minimum atomic E-state index is -0.234. The molecule has 5 nitrogen and oxygen atoms in total. The molecule has 2 aromatic rings. The van der Waals surface area contributed by atoms with E-state index < -0.39 is 0 Å². The van der Waals surface area contributed by atoms with Crippen molar-refractivity contribution in [1.82, 2.24) is 19.4 Å². The molecule has 2 aromatic heterocycles. The first kappa shape index (κ1) is 7.48. The van der Waals surface area contributed by atoms with Gasteiger partial charge in [-0.05, 0) is 22.9 Å². The van der Waals surface area contributed by atoms with Crippen LogP contribution in [0.3, 0.4) is 0 Å². The van der Waals surface area contributed by atoms with Crippen LogP contribution in [0.25, 0.3) is 5.78 Å². The summed E-state index contributed by atoms with van der Waals surface area (Å²) >= 11 is 3.18. The smallest absolute Gasteiger partial charge is 0.295 e. The minimum absolute atomic E-state index is 0.234. The summed E-state index contributed by atoms with van der Waals surface area (Å²) in [6.07, 6.45) is 1.54. The monoisotopic (exact) mass is 228 g/mol. The second-order valence-electron chi connectivity index (χ2n) is 2.34. The summed E-state index contributed by atoms with van der Waals surface area (Å²) in [5.74, 6) is 0.966. The van der Waals surface area contributed by atoms with Gasteiger partial charge in [0.15, 0.2) is 0 Å². The lowest BCUT2D eigenvalue weighted by molar-refractivity contribution is 0.892. The van der Waals surface area contributed by atoms with Gasteiger partial charge in [-0.2, -0.15) is 4.98 Å². The zero-order valence-electron chi connectivity index (χ0n) is 6.21. The number of H-pyrrole nitrogens is 1. The highest BCUT2D eigenvalue weighted by Gasteiger charge is 2.04. The summed E-state index contributed by atoms with van der Waals surface area (Å²) in [6, 6.07) is 0. The van der Waals surface area contributed by atoms with E-state index in [4.69, 9.17) is 0 Å². The van der Waals surface area contributed by atoms with Gasteiger partial charge in [0, 0.05) is 0 Å². The van der Waals surface area contributed by atoms with Crippen LogP contribution in [0.15, 0.2) is 15.6 Å². The molecule has 0 amide bonds. The minimum Gasteiger partial charge on any atom is -0.295 e. The molecule has 12 heavy (non-hydrogen) atoms. The molecule has 0 atom stereocenters. The van der Waals surface area contributed by atoms with Crippen molar-refractivity contribution in [1.29, 1.82) is 0 Å². The van der Waals surface area contributed by atoms with Gasteiger partial charge in [0.25, 0.3) is 0 Å². The van der Waals surface area contributed by atoms with Gasteiger partial charge in [-0.3, -0.25) is 4.98 Å². The van der Waals surface area contributed by atoms with E-state index in [-0.39, 0.29) is 5.69 Å². The van der Waals surface area contributed by atoms with Crippen molar-refractivity contribution in [3.05, 3.63) is 27.1 Å². The number of imidazole rings is 1. The average molecular weight is 229 g/mol. The largest absolute Gasteiger partial charge is 0.334 e. The Hall–Kier alpha value is -1.17. The van der Waals surface area contributed by atoms with Gasteiger partial charge in [-0.1, -0.05) is 0 Å². The normalized spacial score (nSPS) is 10.8. The van der Waals surface area contributed by atoms with E-state index in [1.54, 1.807) is 6.92 Å². The number of fused-ring (bicyclic) bond motifs is 1. The molecule has 6 heteroatoms. The number of rotatable bonds is 0. The van der Waals surface area contributed by atoms with Crippen molar-refractivity contribution in [2.24, 2.45) is 0 Å². The fraction of sp³-hybridized carbons (Fsp3) is 0.167. The topological polar surface area (TPSA) is 63.1 Å². The van der Waals surface area contributed by atoms with Crippen molar-refractivity contribution in [2.75, 3.05) is 0 Å². The highest BCUT2D eigenvalue weighted by molar-refractivity contribution is 9.10. The van der Waals surface area contributed by atoms with Gasteiger partial charge in [0.05, 0.1) is 6.20 Å². The molecule has 1 N–H and O–H groups in total. The van der Waals surface area contributed by atoms with E-state index in [0.717, 1.165) is 0 Å². The predicted molar refractivity (Wildman–Crippen MR) is 46.0 cm³/mol. The molecule has 0 saturated carbocycles. The molecule has 0 aromatic carbocycles. The van der Waals surface area contributed by atoms with Crippen molar-refractivity contribution >= 4 is 21.7 Å². The van der Waals surface area contributed by atoms with Crippen LogP contribution >= 0.6 is 15.9 Å². The molecule has 0 fully saturated rings. The third kappa shape index (κ3) is 0.953. The van der Waals surface area contributed by atoms with E-state index in [0.29, 0.717) is 16.2 Å². The second-order valence-corrected chi connectivity index (χ2v) is 3.16. The summed E-state index contributed by atoms with van der Waals surface area (Å²) in [6.45, 7) is 1.71. The van der Waals surface area contributed by atoms with Crippen molar-refractivity contribution in [3.63, 3.8) is 0 Å². The lowest BCUT2D eigenvalue weighted by atomic mass is 10.7. The number of aromatic amines is 1. The predicted octanol–water partition coefficient (Wildman–Crippen LogP) is 0.489. The lowest BCUT2D eigenvalue weighted by Crippen LogP contribution is -2.18. The zero-order chi connectivity index (χ0) is 8.72. The molecular formula is C6H5BrN4O. The third-order valence-electron chi connectivity index (χ3n) is 1.46. The average Bonchev–Trinajstić information content (AvgIpc) is 2.31. The maximum absolute atomic E-state index is 11.3. The first-order valence-corrected chi connectivity index (χ1v) is 4.07. The number of halogens is 1. The molecule has 62 valence electrons. The van der Waals surface area contributed by atoms with Crippen LogP contribution in [0, 0.1) is 6.92 Å². The van der Waals surface area contributed by atoms with Crippen molar-refractivity contribution in [3.8, 4) is 0 Å². The van der Waals surface area contributed by atoms with Gasteiger partial charge < -0.3 is 0 Å². The first-order valence-electron chi connectivity index (χ1n) is 3.28. The highest BCUT2D eigenvalue weighted by atomic mass is 79.9. The van der Waals surface area contributed by atoms with Crippen LogP contribution in [-0.2, 0) is 0 Å². The summed E-state index contributed by atoms with van der Waals surface area (Å²) in [7, 11) is 0. The fourth-order valence-corrected chi connectivity index (χ4v) is 1.40. The molecule has 0 radical (unpaired) electrons. The van der Waals surface area contributed by atoms with Crippen LogP contribution in [-0.4, -0.2) is 19.4 Å². The maximum Gasteiger partial charge on any atom is 0.334 e. The number of aromatic nitrogens is 4. The Kier molecular flexibility index (Phi) is 1.50. The van der Waals surface area contributed by atoms with Crippen LogP contribution in [0.1, 0.15) is 5.82 Å². The van der Waals surface area contributed by atoms with Gasteiger partial charge in [0.2, 0.25) is 5.78 Å². The van der Waals surface area contributed by atoms with Crippen molar-refractivity contribution in [2.45, 2.75) is 6.92 Å². The number of nitrogens with zero attached hydrogens (tertiary/aromatic N) is 3. The Balaban J connectivity index is 3.03. The summed E-state index contributed by atoms with van der Waals surface area (Å²) < 4.78 is 1.96. The summed E-state index contributed by atoms with van der Waals surface area (Å²) in [4.78, 5) is 21.8.